The summed E-state index contributed by atoms with van der Waals surface area (Å²) < 4.78 is 14.5. The highest BCUT2D eigenvalue weighted by atomic mass is 19.1. The summed E-state index contributed by atoms with van der Waals surface area (Å²) in [5.74, 6) is 1.52. The number of nitrogens with one attached hydrogen (secondary N) is 1. The van der Waals surface area contributed by atoms with Crippen molar-refractivity contribution < 1.29 is 14.0 Å². The Bertz CT molecular complexity index is 887. The van der Waals surface area contributed by atoms with Gasteiger partial charge in [-0.15, -0.1) is 0 Å². The summed E-state index contributed by atoms with van der Waals surface area (Å²) in [7, 11) is 0. The number of fused-ring (bicyclic) bond motifs is 1. The first-order chi connectivity index (χ1) is 15.4. The highest BCUT2D eigenvalue weighted by Gasteiger charge is 2.56. The second-order valence-corrected chi connectivity index (χ2v) is 10.6. The minimum atomic E-state index is -0.306. The lowest BCUT2D eigenvalue weighted by atomic mass is 10.0. The normalized spacial score (nSPS) is 30.4. The zero-order chi connectivity index (χ0) is 22.4. The molecule has 3 saturated carbocycles. The van der Waals surface area contributed by atoms with Gasteiger partial charge in [-0.3, -0.25) is 14.5 Å². The van der Waals surface area contributed by atoms with Gasteiger partial charge in [-0.05, 0) is 74.6 Å². The first kappa shape index (κ1) is 21.9. The van der Waals surface area contributed by atoms with Gasteiger partial charge in [-0.25, -0.2) is 4.39 Å². The van der Waals surface area contributed by atoms with Crippen molar-refractivity contribution >= 4 is 17.5 Å². The molecule has 3 aliphatic carbocycles. The predicted octanol–water partition coefficient (Wildman–Crippen LogP) is 4.34. The maximum absolute atomic E-state index is 14.5. The molecule has 32 heavy (non-hydrogen) atoms. The van der Waals surface area contributed by atoms with E-state index >= 15 is 0 Å². The van der Waals surface area contributed by atoms with E-state index in [1.54, 1.807) is 6.07 Å². The van der Waals surface area contributed by atoms with Crippen LogP contribution in [0, 0.1) is 36.4 Å². The Hall–Kier alpha value is -1.95. The van der Waals surface area contributed by atoms with Crippen molar-refractivity contribution in [3.05, 3.63) is 29.1 Å². The van der Waals surface area contributed by atoms with Gasteiger partial charge in [0.1, 0.15) is 5.82 Å². The SMILES string of the molecule is Cc1c(CN2CCN(C(=O)C3CCCC3)C(C)C2)cc(F)cc1NC(=O)C1C2CCCC21. The molecule has 1 aliphatic heterocycles. The van der Waals surface area contributed by atoms with E-state index in [1.165, 1.54) is 25.3 Å². The average Bonchev–Trinajstić information content (AvgIpc) is 3.15. The maximum Gasteiger partial charge on any atom is 0.228 e. The van der Waals surface area contributed by atoms with E-state index in [-0.39, 0.29) is 29.6 Å². The summed E-state index contributed by atoms with van der Waals surface area (Å²) in [6.45, 7) is 7.06. The van der Waals surface area contributed by atoms with Crippen LogP contribution in [0.25, 0.3) is 0 Å². The highest BCUT2D eigenvalue weighted by molar-refractivity contribution is 5.95. The fourth-order valence-electron chi connectivity index (χ4n) is 6.61. The lowest BCUT2D eigenvalue weighted by molar-refractivity contribution is -0.140. The minimum Gasteiger partial charge on any atom is -0.337 e. The molecule has 5 rings (SSSR count). The van der Waals surface area contributed by atoms with Crippen molar-refractivity contribution in [2.24, 2.45) is 23.7 Å². The van der Waals surface area contributed by atoms with Crippen LogP contribution in [0.2, 0.25) is 0 Å². The van der Waals surface area contributed by atoms with E-state index in [2.05, 4.69) is 22.0 Å². The minimum absolute atomic E-state index is 0.0620. The molecule has 6 heteroatoms. The van der Waals surface area contributed by atoms with Gasteiger partial charge < -0.3 is 10.2 Å². The van der Waals surface area contributed by atoms with Gasteiger partial charge >= 0.3 is 0 Å². The molecule has 0 radical (unpaired) electrons. The van der Waals surface area contributed by atoms with Gasteiger partial charge in [0.05, 0.1) is 0 Å². The molecule has 1 aromatic carbocycles. The van der Waals surface area contributed by atoms with Crippen molar-refractivity contribution in [2.75, 3.05) is 25.0 Å². The number of carbonyl (C=O) groups is 2. The zero-order valence-corrected chi connectivity index (χ0v) is 19.4. The Labute approximate surface area is 190 Å². The summed E-state index contributed by atoms with van der Waals surface area (Å²) in [6.07, 6.45) is 7.96. The number of piperazine rings is 1. The maximum atomic E-state index is 14.5. The number of hydrogen-bond acceptors (Lipinski definition) is 3. The first-order valence-electron chi connectivity index (χ1n) is 12.5. The third kappa shape index (κ3) is 4.18. The summed E-state index contributed by atoms with van der Waals surface area (Å²) in [5.41, 5.74) is 2.47. The van der Waals surface area contributed by atoms with Crippen molar-refractivity contribution in [2.45, 2.75) is 71.4 Å². The van der Waals surface area contributed by atoms with Gasteiger partial charge in [-0.1, -0.05) is 19.3 Å². The Morgan fingerprint density at radius 3 is 2.47 bits per heavy atom. The van der Waals surface area contributed by atoms with Crippen molar-refractivity contribution in [1.29, 1.82) is 0 Å². The molecule has 1 aromatic rings. The second-order valence-electron chi connectivity index (χ2n) is 10.6. The number of halogens is 1. The van der Waals surface area contributed by atoms with Crippen LogP contribution in [0.1, 0.15) is 63.0 Å². The summed E-state index contributed by atoms with van der Waals surface area (Å²) in [5, 5.41) is 3.03. The molecule has 1 heterocycles. The Morgan fingerprint density at radius 1 is 1.06 bits per heavy atom. The number of benzene rings is 1. The molecule has 1 saturated heterocycles. The second kappa shape index (κ2) is 8.77. The van der Waals surface area contributed by atoms with E-state index in [0.29, 0.717) is 30.0 Å². The predicted molar refractivity (Wildman–Crippen MR) is 122 cm³/mol. The molecule has 3 unspecified atom stereocenters. The summed E-state index contributed by atoms with van der Waals surface area (Å²) >= 11 is 0. The van der Waals surface area contributed by atoms with Crippen LogP contribution in [-0.2, 0) is 16.1 Å². The summed E-state index contributed by atoms with van der Waals surface area (Å²) in [6, 6.07) is 3.21. The van der Waals surface area contributed by atoms with Crippen LogP contribution in [0.4, 0.5) is 10.1 Å². The third-order valence-corrected chi connectivity index (χ3v) is 8.54. The van der Waals surface area contributed by atoms with Gasteiger partial charge in [0.25, 0.3) is 0 Å². The van der Waals surface area contributed by atoms with E-state index in [0.717, 1.165) is 56.4 Å². The fraction of sp³-hybridized carbons (Fsp3) is 0.692. The number of anilines is 1. The molecule has 0 spiro atoms. The van der Waals surface area contributed by atoms with Crippen LogP contribution in [0.3, 0.4) is 0 Å². The van der Waals surface area contributed by atoms with E-state index in [4.69, 9.17) is 0 Å². The Balaban J connectivity index is 1.22. The van der Waals surface area contributed by atoms with Crippen LogP contribution in [0.15, 0.2) is 12.1 Å². The van der Waals surface area contributed by atoms with Gasteiger partial charge in [-0.2, -0.15) is 0 Å². The zero-order valence-electron chi connectivity index (χ0n) is 19.4. The average molecular weight is 442 g/mol. The van der Waals surface area contributed by atoms with Crippen molar-refractivity contribution in [3.8, 4) is 0 Å². The molecule has 1 N–H and O–H groups in total. The molecule has 174 valence electrons. The molecule has 5 nitrogen and oxygen atoms in total. The lowest BCUT2D eigenvalue weighted by Crippen LogP contribution is -2.54. The molecular weight excluding hydrogens is 405 g/mol. The van der Waals surface area contributed by atoms with E-state index in [9.17, 15) is 14.0 Å². The monoisotopic (exact) mass is 441 g/mol. The number of carbonyl (C=O) groups excluding carboxylic acids is 2. The number of rotatable bonds is 5. The quantitative estimate of drug-likeness (QED) is 0.740. The van der Waals surface area contributed by atoms with E-state index in [1.807, 2.05) is 6.92 Å². The smallest absolute Gasteiger partial charge is 0.228 e. The largest absolute Gasteiger partial charge is 0.337 e. The van der Waals surface area contributed by atoms with E-state index < -0.39 is 0 Å². The van der Waals surface area contributed by atoms with Crippen LogP contribution in [0.5, 0.6) is 0 Å². The lowest BCUT2D eigenvalue weighted by Gasteiger charge is -2.41. The Morgan fingerprint density at radius 2 is 1.78 bits per heavy atom. The van der Waals surface area contributed by atoms with Crippen LogP contribution in [-0.4, -0.2) is 47.3 Å². The highest BCUT2D eigenvalue weighted by Crippen LogP contribution is 2.57. The molecule has 0 aromatic heterocycles. The standard InChI is InChI=1S/C26H36FN3O2/c1-16-14-29(10-11-30(16)26(32)18-6-3-4-7-18)15-19-12-20(27)13-23(17(19)2)28-25(31)24-21-8-5-9-22(21)24/h12-13,16,18,21-22,24H,3-11,14-15H2,1-2H3,(H,28,31). The molecular formula is C26H36FN3O2. The van der Waals surface area contributed by atoms with Crippen molar-refractivity contribution in [1.82, 2.24) is 9.80 Å². The Kier molecular flexibility index (Phi) is 5.99. The fourth-order valence-corrected chi connectivity index (χ4v) is 6.61. The molecule has 2 amide bonds. The van der Waals surface area contributed by atoms with Gasteiger partial charge in [0.2, 0.25) is 11.8 Å². The third-order valence-electron chi connectivity index (χ3n) is 8.54. The number of amides is 2. The molecule has 3 atom stereocenters. The van der Waals surface area contributed by atoms with Crippen LogP contribution >= 0.6 is 0 Å². The molecule has 4 aliphatic rings. The van der Waals surface area contributed by atoms with Gasteiger partial charge in [0.15, 0.2) is 0 Å². The van der Waals surface area contributed by atoms with Crippen LogP contribution < -0.4 is 5.32 Å². The number of hydrogen-bond donors (Lipinski definition) is 1. The topological polar surface area (TPSA) is 52.6 Å². The molecule has 4 fully saturated rings. The molecule has 0 bridgehead atoms. The number of nitrogens with zero attached hydrogens (tertiary/aromatic N) is 2. The summed E-state index contributed by atoms with van der Waals surface area (Å²) in [4.78, 5) is 30.0. The van der Waals surface area contributed by atoms with Gasteiger partial charge in [0, 0.05) is 49.7 Å². The first-order valence-corrected chi connectivity index (χ1v) is 12.5. The van der Waals surface area contributed by atoms with Crippen molar-refractivity contribution in [3.63, 3.8) is 0 Å².